The summed E-state index contributed by atoms with van der Waals surface area (Å²) >= 11 is 0. The maximum atomic E-state index is 9.24. The molecule has 1 saturated heterocycles. The quantitative estimate of drug-likeness (QED) is 0.845. The largest absolute Gasteiger partial charge is 0.486 e. The van der Waals surface area contributed by atoms with Crippen molar-refractivity contribution in [3.8, 4) is 11.5 Å². The van der Waals surface area contributed by atoms with E-state index in [-0.39, 0.29) is 12.1 Å². The van der Waals surface area contributed by atoms with Gasteiger partial charge >= 0.3 is 0 Å². The standard InChI is InChI=1S/C15H21NO4/c17-6-4-15(5-7-18-11-15)16-10-12-2-1-3-13-14(12)20-9-8-19-13/h1-3,16-17H,4-11H2. The molecule has 110 valence electrons. The molecule has 3 rings (SSSR count). The van der Waals surface area contributed by atoms with Crippen LogP contribution in [0.25, 0.3) is 0 Å². The van der Waals surface area contributed by atoms with Gasteiger partial charge in [-0.25, -0.2) is 0 Å². The van der Waals surface area contributed by atoms with E-state index in [1.54, 1.807) is 0 Å². The second kappa shape index (κ2) is 5.99. The van der Waals surface area contributed by atoms with E-state index < -0.39 is 0 Å². The highest BCUT2D eigenvalue weighted by Crippen LogP contribution is 2.34. The van der Waals surface area contributed by atoms with Gasteiger partial charge in [0.15, 0.2) is 11.5 Å². The number of para-hydroxylation sites is 1. The highest BCUT2D eigenvalue weighted by Gasteiger charge is 2.34. The van der Waals surface area contributed by atoms with Gasteiger partial charge < -0.3 is 24.6 Å². The van der Waals surface area contributed by atoms with E-state index >= 15 is 0 Å². The van der Waals surface area contributed by atoms with Crippen LogP contribution >= 0.6 is 0 Å². The predicted octanol–water partition coefficient (Wildman–Crippen LogP) is 1.09. The molecule has 0 saturated carbocycles. The maximum Gasteiger partial charge on any atom is 0.165 e. The lowest BCUT2D eigenvalue weighted by molar-refractivity contribution is 0.144. The van der Waals surface area contributed by atoms with E-state index in [9.17, 15) is 5.11 Å². The number of nitrogens with one attached hydrogen (secondary N) is 1. The topological polar surface area (TPSA) is 60.0 Å². The zero-order valence-corrected chi connectivity index (χ0v) is 11.6. The lowest BCUT2D eigenvalue weighted by atomic mass is 9.94. The van der Waals surface area contributed by atoms with Crippen LogP contribution in [0.3, 0.4) is 0 Å². The van der Waals surface area contributed by atoms with Crippen molar-refractivity contribution in [3.63, 3.8) is 0 Å². The Balaban J connectivity index is 1.71. The molecule has 2 N–H and O–H groups in total. The zero-order chi connectivity index (χ0) is 13.8. The van der Waals surface area contributed by atoms with Crippen LogP contribution in [-0.4, -0.2) is 43.7 Å². The highest BCUT2D eigenvalue weighted by molar-refractivity contribution is 5.47. The fourth-order valence-electron chi connectivity index (χ4n) is 2.80. The van der Waals surface area contributed by atoms with Crippen LogP contribution in [0.5, 0.6) is 11.5 Å². The average molecular weight is 279 g/mol. The fourth-order valence-corrected chi connectivity index (χ4v) is 2.80. The molecule has 1 unspecified atom stereocenters. The minimum absolute atomic E-state index is 0.118. The van der Waals surface area contributed by atoms with Crippen molar-refractivity contribution in [2.75, 3.05) is 33.0 Å². The first kappa shape index (κ1) is 13.7. The van der Waals surface area contributed by atoms with Gasteiger partial charge in [-0.1, -0.05) is 12.1 Å². The van der Waals surface area contributed by atoms with Crippen molar-refractivity contribution >= 4 is 0 Å². The van der Waals surface area contributed by atoms with E-state index in [1.807, 2.05) is 18.2 Å². The molecule has 2 aliphatic rings. The smallest absolute Gasteiger partial charge is 0.165 e. The summed E-state index contributed by atoms with van der Waals surface area (Å²) in [5, 5.41) is 12.8. The molecule has 2 heterocycles. The molecule has 20 heavy (non-hydrogen) atoms. The van der Waals surface area contributed by atoms with Crippen LogP contribution in [0.1, 0.15) is 18.4 Å². The predicted molar refractivity (Wildman–Crippen MR) is 74.1 cm³/mol. The van der Waals surface area contributed by atoms with E-state index in [4.69, 9.17) is 14.2 Å². The number of aliphatic hydroxyl groups is 1. The van der Waals surface area contributed by atoms with E-state index in [0.717, 1.165) is 30.1 Å². The number of aliphatic hydroxyl groups excluding tert-OH is 1. The van der Waals surface area contributed by atoms with E-state index in [2.05, 4.69) is 5.32 Å². The highest BCUT2D eigenvalue weighted by atomic mass is 16.6. The van der Waals surface area contributed by atoms with Gasteiger partial charge in [0.25, 0.3) is 0 Å². The molecular formula is C15H21NO4. The van der Waals surface area contributed by atoms with Crippen molar-refractivity contribution in [2.45, 2.75) is 24.9 Å². The van der Waals surface area contributed by atoms with E-state index in [1.165, 1.54) is 0 Å². The Labute approximate surface area is 118 Å². The van der Waals surface area contributed by atoms with Gasteiger partial charge in [-0.2, -0.15) is 0 Å². The van der Waals surface area contributed by atoms with Gasteiger partial charge in [0.1, 0.15) is 13.2 Å². The lowest BCUT2D eigenvalue weighted by Gasteiger charge is -2.29. The molecule has 0 spiro atoms. The summed E-state index contributed by atoms with van der Waals surface area (Å²) in [4.78, 5) is 0. The molecule has 0 radical (unpaired) electrons. The molecule has 0 aliphatic carbocycles. The number of benzene rings is 1. The van der Waals surface area contributed by atoms with Crippen molar-refractivity contribution < 1.29 is 19.3 Å². The molecule has 1 fully saturated rings. The molecule has 1 aromatic rings. The third-order valence-corrected chi connectivity index (χ3v) is 4.00. The minimum Gasteiger partial charge on any atom is -0.486 e. The van der Waals surface area contributed by atoms with Crippen molar-refractivity contribution in [1.29, 1.82) is 0 Å². The Morgan fingerprint density at radius 3 is 2.90 bits per heavy atom. The van der Waals surface area contributed by atoms with Gasteiger partial charge in [-0.05, 0) is 18.9 Å². The van der Waals surface area contributed by atoms with Crippen molar-refractivity contribution in [3.05, 3.63) is 23.8 Å². The SMILES string of the molecule is OCCC1(NCc2cccc3c2OCCO3)CCOC1. The van der Waals surface area contributed by atoms with Crippen LogP contribution in [0.15, 0.2) is 18.2 Å². The monoisotopic (exact) mass is 279 g/mol. The number of hydrogen-bond donors (Lipinski definition) is 2. The number of fused-ring (bicyclic) bond motifs is 1. The second-order valence-electron chi connectivity index (χ2n) is 5.35. The second-order valence-corrected chi connectivity index (χ2v) is 5.35. The Hall–Kier alpha value is -1.30. The lowest BCUT2D eigenvalue weighted by Crippen LogP contribution is -2.46. The summed E-state index contributed by atoms with van der Waals surface area (Å²) in [6.45, 7) is 3.46. The summed E-state index contributed by atoms with van der Waals surface area (Å²) < 4.78 is 16.8. The van der Waals surface area contributed by atoms with Crippen molar-refractivity contribution in [1.82, 2.24) is 5.32 Å². The maximum absolute atomic E-state index is 9.24. The summed E-state index contributed by atoms with van der Waals surface area (Å²) in [5.74, 6) is 1.65. The summed E-state index contributed by atoms with van der Waals surface area (Å²) in [6, 6.07) is 5.96. The number of rotatable bonds is 5. The first-order valence-electron chi connectivity index (χ1n) is 7.14. The van der Waals surface area contributed by atoms with Crippen LogP contribution < -0.4 is 14.8 Å². The van der Waals surface area contributed by atoms with Crippen LogP contribution in [0.4, 0.5) is 0 Å². The Kier molecular flexibility index (Phi) is 4.10. The number of ether oxygens (including phenoxy) is 3. The molecule has 1 atom stereocenters. The van der Waals surface area contributed by atoms with Gasteiger partial charge in [-0.3, -0.25) is 0 Å². The molecule has 5 nitrogen and oxygen atoms in total. The summed E-state index contributed by atoms with van der Waals surface area (Å²) in [5.41, 5.74) is 0.971. The first-order valence-corrected chi connectivity index (χ1v) is 7.14. The molecule has 0 aromatic heterocycles. The van der Waals surface area contributed by atoms with Gasteiger partial charge in [0.05, 0.1) is 6.61 Å². The first-order chi connectivity index (χ1) is 9.83. The summed E-state index contributed by atoms with van der Waals surface area (Å²) in [6.07, 6.45) is 1.64. The molecule has 1 aromatic carbocycles. The average Bonchev–Trinajstić information content (AvgIpc) is 2.94. The van der Waals surface area contributed by atoms with Crippen LogP contribution in [-0.2, 0) is 11.3 Å². The fraction of sp³-hybridized carbons (Fsp3) is 0.600. The van der Waals surface area contributed by atoms with Crippen LogP contribution in [0, 0.1) is 0 Å². The third kappa shape index (κ3) is 2.75. The van der Waals surface area contributed by atoms with Gasteiger partial charge in [0, 0.05) is 30.9 Å². The Morgan fingerprint density at radius 1 is 1.20 bits per heavy atom. The van der Waals surface area contributed by atoms with Gasteiger partial charge in [0.2, 0.25) is 0 Å². The molecule has 0 amide bonds. The molecule has 5 heteroatoms. The minimum atomic E-state index is -0.118. The normalized spacial score (nSPS) is 24.9. The molecular weight excluding hydrogens is 258 g/mol. The van der Waals surface area contributed by atoms with E-state index in [0.29, 0.717) is 32.8 Å². The third-order valence-electron chi connectivity index (χ3n) is 4.00. The summed E-state index contributed by atoms with van der Waals surface area (Å²) in [7, 11) is 0. The van der Waals surface area contributed by atoms with Crippen molar-refractivity contribution in [2.24, 2.45) is 0 Å². The zero-order valence-electron chi connectivity index (χ0n) is 11.6. The van der Waals surface area contributed by atoms with Gasteiger partial charge in [-0.15, -0.1) is 0 Å². The van der Waals surface area contributed by atoms with Crippen LogP contribution in [0.2, 0.25) is 0 Å². The Morgan fingerprint density at radius 2 is 2.10 bits per heavy atom. The number of hydrogen-bond acceptors (Lipinski definition) is 5. The Bertz CT molecular complexity index is 457. The molecule has 0 bridgehead atoms. The molecule has 2 aliphatic heterocycles.